The average molecular weight is 299 g/mol. The van der Waals surface area contributed by atoms with Gasteiger partial charge in [-0.05, 0) is 13.0 Å². The number of fused-ring (bicyclic) bond motifs is 1. The van der Waals surface area contributed by atoms with Crippen LogP contribution in [0.2, 0.25) is 0 Å². The average Bonchev–Trinajstić information content (AvgIpc) is 2.33. The molecule has 1 aromatic rings. The highest BCUT2D eigenvalue weighted by molar-refractivity contribution is 5.30. The number of rotatable bonds is 2. The number of nitrogens with zero attached hydrogens (tertiary/aromatic N) is 2. The molecule has 0 spiro atoms. The number of nitrogens with one attached hydrogen (secondary N) is 1. The maximum Gasteiger partial charge on any atom is 0.433 e. The fraction of sp³-hybridized carbons (Fsp3) is 0.636. The molecule has 112 valence electrons. The predicted molar refractivity (Wildman–Crippen MR) is 56.8 cm³/mol. The first-order valence-corrected chi connectivity index (χ1v) is 5.90. The van der Waals surface area contributed by atoms with E-state index in [4.69, 9.17) is 0 Å². The fourth-order valence-corrected chi connectivity index (χ4v) is 2.01. The minimum Gasteiger partial charge on any atom is -0.311 e. The molecule has 20 heavy (non-hydrogen) atoms. The van der Waals surface area contributed by atoms with E-state index in [1.807, 2.05) is 0 Å². The molecule has 0 fully saturated rings. The summed E-state index contributed by atoms with van der Waals surface area (Å²) in [7, 11) is 0. The highest BCUT2D eigenvalue weighted by atomic mass is 19.4. The zero-order valence-electron chi connectivity index (χ0n) is 10.2. The second kappa shape index (κ2) is 5.19. The van der Waals surface area contributed by atoms with E-state index in [-0.39, 0.29) is 24.2 Å². The van der Waals surface area contributed by atoms with Crippen molar-refractivity contribution in [1.29, 1.82) is 0 Å². The van der Waals surface area contributed by atoms with Crippen LogP contribution in [0.15, 0.2) is 0 Å². The Morgan fingerprint density at radius 2 is 1.75 bits per heavy atom. The minimum absolute atomic E-state index is 0.0213. The lowest BCUT2D eigenvalue weighted by Crippen LogP contribution is -2.29. The highest BCUT2D eigenvalue weighted by Gasteiger charge is 2.38. The van der Waals surface area contributed by atoms with Crippen LogP contribution in [0, 0.1) is 0 Å². The number of halogens is 6. The normalized spacial score (nSPS) is 16.1. The van der Waals surface area contributed by atoms with Gasteiger partial charge in [0.2, 0.25) is 0 Å². The number of aromatic nitrogens is 2. The Hall–Kier alpha value is -1.38. The van der Waals surface area contributed by atoms with Crippen molar-refractivity contribution in [3.63, 3.8) is 0 Å². The lowest BCUT2D eigenvalue weighted by Gasteiger charge is -2.21. The quantitative estimate of drug-likeness (QED) is 0.853. The third-order valence-corrected chi connectivity index (χ3v) is 2.88. The van der Waals surface area contributed by atoms with Crippen LogP contribution >= 0.6 is 0 Å². The van der Waals surface area contributed by atoms with Crippen molar-refractivity contribution in [3.05, 3.63) is 22.8 Å². The van der Waals surface area contributed by atoms with Gasteiger partial charge < -0.3 is 5.32 Å². The molecular weight excluding hydrogens is 288 g/mol. The van der Waals surface area contributed by atoms with Crippen LogP contribution in [-0.2, 0) is 25.6 Å². The van der Waals surface area contributed by atoms with E-state index in [2.05, 4.69) is 15.3 Å². The van der Waals surface area contributed by atoms with Crippen molar-refractivity contribution in [2.75, 3.05) is 6.54 Å². The second-order valence-electron chi connectivity index (χ2n) is 4.45. The van der Waals surface area contributed by atoms with Crippen LogP contribution in [0.5, 0.6) is 0 Å². The number of hydrogen-bond acceptors (Lipinski definition) is 3. The Kier molecular flexibility index (Phi) is 3.90. The van der Waals surface area contributed by atoms with E-state index < -0.39 is 36.7 Å². The van der Waals surface area contributed by atoms with E-state index in [9.17, 15) is 26.3 Å². The Morgan fingerprint density at radius 1 is 1.05 bits per heavy atom. The molecule has 0 aliphatic carbocycles. The molecule has 9 heteroatoms. The summed E-state index contributed by atoms with van der Waals surface area (Å²) in [6.07, 6.45) is -10.9. The molecule has 1 N–H and O–H groups in total. The Balaban J connectivity index is 2.35. The number of hydrogen-bond donors (Lipinski definition) is 1. The van der Waals surface area contributed by atoms with Crippen molar-refractivity contribution in [3.8, 4) is 0 Å². The molecule has 0 aromatic carbocycles. The number of alkyl halides is 6. The van der Waals surface area contributed by atoms with Gasteiger partial charge in [0.1, 0.15) is 5.82 Å². The standard InChI is InChI=1S/C11H11F6N3/c12-10(13,14)3-1-8-19-7-5-18-4-2-6(7)9(20-8)11(15,16)17/h18H,1-5H2. The Morgan fingerprint density at radius 3 is 2.35 bits per heavy atom. The van der Waals surface area contributed by atoms with Crippen LogP contribution < -0.4 is 5.32 Å². The first kappa shape index (κ1) is 15.0. The lowest BCUT2D eigenvalue weighted by molar-refractivity contribution is -0.142. The first-order chi connectivity index (χ1) is 9.17. The van der Waals surface area contributed by atoms with Crippen molar-refractivity contribution in [2.45, 2.75) is 38.2 Å². The zero-order chi connectivity index (χ0) is 15.0. The Bertz CT molecular complexity index is 494. The molecular formula is C11H11F6N3. The third kappa shape index (κ3) is 3.59. The van der Waals surface area contributed by atoms with Gasteiger partial charge >= 0.3 is 12.4 Å². The molecule has 0 bridgehead atoms. The molecule has 0 saturated heterocycles. The van der Waals surface area contributed by atoms with E-state index in [1.54, 1.807) is 0 Å². The molecule has 2 heterocycles. The molecule has 1 aromatic heterocycles. The predicted octanol–water partition coefficient (Wildman–Crippen LogP) is 2.64. The minimum atomic E-state index is -4.68. The maximum absolute atomic E-state index is 12.9. The third-order valence-electron chi connectivity index (χ3n) is 2.88. The maximum atomic E-state index is 12.9. The van der Waals surface area contributed by atoms with Crippen molar-refractivity contribution in [2.24, 2.45) is 0 Å². The molecule has 2 rings (SSSR count). The molecule has 0 radical (unpaired) electrons. The van der Waals surface area contributed by atoms with Gasteiger partial charge in [0.25, 0.3) is 0 Å². The highest BCUT2D eigenvalue weighted by Crippen LogP contribution is 2.33. The van der Waals surface area contributed by atoms with E-state index in [0.717, 1.165) is 0 Å². The molecule has 1 aliphatic rings. The molecule has 1 aliphatic heterocycles. The van der Waals surface area contributed by atoms with Crippen LogP contribution in [0.3, 0.4) is 0 Å². The van der Waals surface area contributed by atoms with Gasteiger partial charge in [-0.1, -0.05) is 0 Å². The molecule has 0 atom stereocenters. The van der Waals surface area contributed by atoms with Gasteiger partial charge in [0.05, 0.1) is 12.1 Å². The smallest absolute Gasteiger partial charge is 0.311 e. The molecule has 0 saturated carbocycles. The fourth-order valence-electron chi connectivity index (χ4n) is 2.01. The van der Waals surface area contributed by atoms with E-state index in [0.29, 0.717) is 6.54 Å². The SMILES string of the molecule is FC(F)(F)CCc1nc2c(c(C(F)(F)F)n1)CCNC2. The van der Waals surface area contributed by atoms with Gasteiger partial charge in [-0.25, -0.2) is 9.97 Å². The summed E-state index contributed by atoms with van der Waals surface area (Å²) in [5.74, 6) is -0.419. The topological polar surface area (TPSA) is 37.8 Å². The van der Waals surface area contributed by atoms with E-state index >= 15 is 0 Å². The molecule has 0 amide bonds. The summed E-state index contributed by atoms with van der Waals surface area (Å²) in [6, 6.07) is 0. The Labute approximate surface area is 110 Å². The van der Waals surface area contributed by atoms with Crippen molar-refractivity contribution < 1.29 is 26.3 Å². The van der Waals surface area contributed by atoms with Gasteiger partial charge in [-0.2, -0.15) is 26.3 Å². The largest absolute Gasteiger partial charge is 0.433 e. The summed E-state index contributed by atoms with van der Waals surface area (Å²) in [6.45, 7) is 0.474. The van der Waals surface area contributed by atoms with E-state index in [1.165, 1.54) is 0 Å². The van der Waals surface area contributed by atoms with Crippen LogP contribution in [0.25, 0.3) is 0 Å². The van der Waals surface area contributed by atoms with Crippen LogP contribution in [-0.4, -0.2) is 22.7 Å². The van der Waals surface area contributed by atoms with Crippen LogP contribution in [0.4, 0.5) is 26.3 Å². The number of aryl methyl sites for hydroxylation is 1. The second-order valence-corrected chi connectivity index (χ2v) is 4.45. The summed E-state index contributed by atoms with van der Waals surface area (Å²) in [5, 5.41) is 2.84. The molecule has 0 unspecified atom stereocenters. The zero-order valence-corrected chi connectivity index (χ0v) is 10.2. The lowest BCUT2D eigenvalue weighted by atomic mass is 10.0. The summed E-state index contributed by atoms with van der Waals surface area (Å²) >= 11 is 0. The summed E-state index contributed by atoms with van der Waals surface area (Å²) in [4.78, 5) is 7.11. The van der Waals surface area contributed by atoms with Crippen LogP contribution in [0.1, 0.15) is 29.2 Å². The molecule has 3 nitrogen and oxygen atoms in total. The summed E-state index contributed by atoms with van der Waals surface area (Å²) < 4.78 is 75.1. The van der Waals surface area contributed by atoms with Crippen molar-refractivity contribution >= 4 is 0 Å². The summed E-state index contributed by atoms with van der Waals surface area (Å²) in [5.41, 5.74) is -0.996. The first-order valence-electron chi connectivity index (χ1n) is 5.90. The van der Waals surface area contributed by atoms with Crippen molar-refractivity contribution in [1.82, 2.24) is 15.3 Å². The monoisotopic (exact) mass is 299 g/mol. The van der Waals surface area contributed by atoms with Gasteiger partial charge in [0.15, 0.2) is 5.69 Å². The van der Waals surface area contributed by atoms with Gasteiger partial charge in [-0.3, -0.25) is 0 Å². The van der Waals surface area contributed by atoms with Gasteiger partial charge in [-0.15, -0.1) is 0 Å². The van der Waals surface area contributed by atoms with Gasteiger partial charge in [0, 0.05) is 18.5 Å².